The maximum Gasteiger partial charge on any atom is 0.410 e. The maximum atomic E-state index is 12.9. The molecule has 9 heteroatoms. The van der Waals surface area contributed by atoms with Gasteiger partial charge in [0.1, 0.15) is 11.2 Å². The van der Waals surface area contributed by atoms with Gasteiger partial charge in [0.2, 0.25) is 0 Å². The molecule has 1 unspecified atom stereocenters. The van der Waals surface area contributed by atoms with Crippen molar-refractivity contribution in [3.05, 3.63) is 32.6 Å². The molecule has 0 saturated carbocycles. The van der Waals surface area contributed by atoms with Crippen molar-refractivity contribution in [3.8, 4) is 0 Å². The van der Waals surface area contributed by atoms with E-state index in [2.05, 4.69) is 4.98 Å². The Morgan fingerprint density at radius 3 is 2.48 bits per heavy atom. The Morgan fingerprint density at radius 1 is 1.19 bits per heavy atom. The molecule has 1 atom stereocenters. The normalized spacial score (nSPS) is 22.5. The topological polar surface area (TPSA) is 105 Å². The van der Waals surface area contributed by atoms with Gasteiger partial charge in [-0.1, -0.05) is 0 Å². The number of H-pyrrole nitrogens is 1. The Hall–Kier alpha value is -2.58. The predicted octanol–water partition coefficient (Wildman–Crippen LogP) is 0.689. The molecule has 1 aromatic rings. The average Bonchev–Trinajstić information content (AvgIpc) is 2.57. The highest BCUT2D eigenvalue weighted by Crippen LogP contribution is 2.39. The standard InChI is InChI=1S/C18H26N4O5/c1-17(2,3)27-16(26)21-8-5-6-18(11-21)7-9-22(18)14(24)12-10-19-15(25)20(4)13(12)23/h10H,5-9,11H2,1-4H3,(H,19,25). The SMILES string of the molecule is Cn1c(=O)[nH]cc(C(=O)N2CCC23CCCN(C(=O)OC(C)(C)C)C3)c1=O. The van der Waals surface area contributed by atoms with Crippen LogP contribution in [0.2, 0.25) is 0 Å². The summed E-state index contributed by atoms with van der Waals surface area (Å²) in [5.74, 6) is -0.413. The van der Waals surface area contributed by atoms with Crippen molar-refractivity contribution in [2.75, 3.05) is 19.6 Å². The van der Waals surface area contributed by atoms with Gasteiger partial charge in [0, 0.05) is 32.9 Å². The molecule has 27 heavy (non-hydrogen) atoms. The monoisotopic (exact) mass is 378 g/mol. The predicted molar refractivity (Wildman–Crippen MR) is 97.7 cm³/mol. The van der Waals surface area contributed by atoms with Crippen LogP contribution in [0, 0.1) is 0 Å². The van der Waals surface area contributed by atoms with Gasteiger partial charge in [-0.3, -0.25) is 14.2 Å². The Kier molecular flexibility index (Phi) is 4.65. The summed E-state index contributed by atoms with van der Waals surface area (Å²) in [6.45, 7) is 6.93. The van der Waals surface area contributed by atoms with E-state index in [4.69, 9.17) is 4.74 Å². The molecule has 1 spiro atoms. The van der Waals surface area contributed by atoms with E-state index >= 15 is 0 Å². The van der Waals surface area contributed by atoms with E-state index in [1.54, 1.807) is 9.80 Å². The van der Waals surface area contributed by atoms with Crippen LogP contribution in [0.25, 0.3) is 0 Å². The molecule has 148 valence electrons. The van der Waals surface area contributed by atoms with Crippen LogP contribution in [0.1, 0.15) is 50.4 Å². The second-order valence-corrected chi connectivity index (χ2v) is 8.31. The summed E-state index contributed by atoms with van der Waals surface area (Å²) in [4.78, 5) is 54.9. The molecule has 2 amide bonds. The smallest absolute Gasteiger partial charge is 0.410 e. The van der Waals surface area contributed by atoms with Crippen LogP contribution in [0.4, 0.5) is 4.79 Å². The molecular formula is C18H26N4O5. The summed E-state index contributed by atoms with van der Waals surface area (Å²) in [6.07, 6.45) is 3.07. The Balaban J connectivity index is 1.80. The van der Waals surface area contributed by atoms with E-state index in [0.717, 1.165) is 23.8 Å². The largest absolute Gasteiger partial charge is 0.444 e. The van der Waals surface area contributed by atoms with Crippen LogP contribution in [0.3, 0.4) is 0 Å². The van der Waals surface area contributed by atoms with Crippen molar-refractivity contribution in [1.82, 2.24) is 19.4 Å². The van der Waals surface area contributed by atoms with Crippen molar-refractivity contribution in [2.24, 2.45) is 7.05 Å². The minimum Gasteiger partial charge on any atom is -0.444 e. The fourth-order valence-electron chi connectivity index (χ4n) is 3.74. The first-order chi connectivity index (χ1) is 12.5. The molecule has 1 N–H and O–H groups in total. The quantitative estimate of drug-likeness (QED) is 0.774. The molecule has 0 bridgehead atoms. The molecule has 2 aliphatic rings. The van der Waals surface area contributed by atoms with Gasteiger partial charge in [-0.25, -0.2) is 9.59 Å². The minimum atomic E-state index is -0.620. The first-order valence-electron chi connectivity index (χ1n) is 9.13. The first kappa shape index (κ1) is 19.2. The highest BCUT2D eigenvalue weighted by Gasteiger charge is 2.51. The molecule has 0 aromatic carbocycles. The Labute approximate surface area is 156 Å². The second-order valence-electron chi connectivity index (χ2n) is 8.31. The Bertz CT molecular complexity index is 881. The lowest BCUT2D eigenvalue weighted by Crippen LogP contribution is -2.69. The third-order valence-corrected chi connectivity index (χ3v) is 5.24. The van der Waals surface area contributed by atoms with Gasteiger partial charge >= 0.3 is 11.8 Å². The molecule has 0 aliphatic carbocycles. The number of hydrogen-bond donors (Lipinski definition) is 1. The molecule has 3 heterocycles. The molecule has 3 rings (SSSR count). The summed E-state index contributed by atoms with van der Waals surface area (Å²) >= 11 is 0. The lowest BCUT2D eigenvalue weighted by atomic mass is 9.77. The number of piperidine rings is 1. The number of amides is 2. The van der Waals surface area contributed by atoms with Gasteiger partial charge < -0.3 is 19.5 Å². The van der Waals surface area contributed by atoms with Gasteiger partial charge in [0.05, 0.1) is 5.54 Å². The van der Waals surface area contributed by atoms with E-state index < -0.39 is 28.3 Å². The van der Waals surface area contributed by atoms with E-state index in [1.165, 1.54) is 13.2 Å². The number of likely N-dealkylation sites (tertiary alicyclic amines) is 2. The molecule has 2 saturated heterocycles. The number of nitrogens with one attached hydrogen (secondary N) is 1. The number of ether oxygens (including phenoxy) is 1. The zero-order chi connectivity index (χ0) is 20.0. The van der Waals surface area contributed by atoms with Crippen molar-refractivity contribution in [1.29, 1.82) is 0 Å². The summed E-state index contributed by atoms with van der Waals surface area (Å²) in [7, 11) is 1.33. The highest BCUT2D eigenvalue weighted by atomic mass is 16.6. The summed E-state index contributed by atoms with van der Waals surface area (Å²) in [5, 5.41) is 0. The third-order valence-electron chi connectivity index (χ3n) is 5.24. The Morgan fingerprint density at radius 2 is 1.89 bits per heavy atom. The van der Waals surface area contributed by atoms with Gasteiger partial charge in [-0.2, -0.15) is 0 Å². The van der Waals surface area contributed by atoms with Crippen LogP contribution in [0.5, 0.6) is 0 Å². The van der Waals surface area contributed by atoms with Crippen LogP contribution in [-0.2, 0) is 11.8 Å². The van der Waals surface area contributed by atoms with Gasteiger partial charge in [-0.15, -0.1) is 0 Å². The minimum absolute atomic E-state index is 0.0643. The molecule has 1 aromatic heterocycles. The van der Waals surface area contributed by atoms with Crippen LogP contribution in [-0.4, -0.2) is 62.1 Å². The van der Waals surface area contributed by atoms with Gasteiger partial charge in [0.15, 0.2) is 0 Å². The molecular weight excluding hydrogens is 352 g/mol. The van der Waals surface area contributed by atoms with Crippen LogP contribution < -0.4 is 11.2 Å². The number of rotatable bonds is 1. The van der Waals surface area contributed by atoms with E-state index in [0.29, 0.717) is 19.6 Å². The average molecular weight is 378 g/mol. The van der Waals surface area contributed by atoms with E-state index in [1.807, 2.05) is 20.8 Å². The number of nitrogens with zero attached hydrogens (tertiary/aromatic N) is 3. The summed E-state index contributed by atoms with van der Waals surface area (Å²) in [5.41, 5.74) is -2.31. The van der Waals surface area contributed by atoms with Crippen molar-refractivity contribution in [3.63, 3.8) is 0 Å². The number of hydrogen-bond acceptors (Lipinski definition) is 5. The number of carbonyl (C=O) groups excluding carboxylic acids is 2. The zero-order valence-corrected chi connectivity index (χ0v) is 16.2. The number of carbonyl (C=O) groups is 2. The lowest BCUT2D eigenvalue weighted by Gasteiger charge is -2.56. The number of aromatic amines is 1. The van der Waals surface area contributed by atoms with Crippen molar-refractivity contribution in [2.45, 2.75) is 51.2 Å². The fraction of sp³-hybridized carbons (Fsp3) is 0.667. The van der Waals surface area contributed by atoms with Crippen LogP contribution >= 0.6 is 0 Å². The first-order valence-corrected chi connectivity index (χ1v) is 9.13. The summed E-state index contributed by atoms with van der Waals surface area (Å²) < 4.78 is 6.34. The molecule has 0 radical (unpaired) electrons. The van der Waals surface area contributed by atoms with Crippen LogP contribution in [0.15, 0.2) is 15.8 Å². The lowest BCUT2D eigenvalue weighted by molar-refractivity contribution is -0.0522. The van der Waals surface area contributed by atoms with Gasteiger partial charge in [0.25, 0.3) is 11.5 Å². The zero-order valence-electron chi connectivity index (χ0n) is 16.2. The van der Waals surface area contributed by atoms with Crippen molar-refractivity contribution >= 4 is 12.0 Å². The summed E-state index contributed by atoms with van der Waals surface area (Å²) in [6, 6.07) is 0. The number of aromatic nitrogens is 2. The molecule has 2 aliphatic heterocycles. The molecule has 2 fully saturated rings. The van der Waals surface area contributed by atoms with E-state index in [-0.39, 0.29) is 11.7 Å². The molecule has 9 nitrogen and oxygen atoms in total. The van der Waals surface area contributed by atoms with Gasteiger partial charge in [-0.05, 0) is 40.0 Å². The fourth-order valence-corrected chi connectivity index (χ4v) is 3.74. The highest BCUT2D eigenvalue weighted by molar-refractivity contribution is 5.94. The third kappa shape index (κ3) is 3.50. The van der Waals surface area contributed by atoms with Crippen molar-refractivity contribution < 1.29 is 14.3 Å². The second kappa shape index (κ2) is 6.54. The van der Waals surface area contributed by atoms with E-state index in [9.17, 15) is 19.2 Å². The maximum absolute atomic E-state index is 12.9.